The normalized spacial score (nSPS) is 11.9. The second-order valence-corrected chi connectivity index (χ2v) is 4.54. The van der Waals surface area contributed by atoms with Crippen LogP contribution in [0.4, 0.5) is 14.9 Å². The third-order valence-electron chi connectivity index (χ3n) is 2.97. The van der Waals surface area contributed by atoms with Crippen LogP contribution in [0.25, 0.3) is 0 Å². The zero-order chi connectivity index (χ0) is 14.1. The van der Waals surface area contributed by atoms with E-state index in [1.165, 1.54) is 12.1 Å². The van der Waals surface area contributed by atoms with Gasteiger partial charge in [0.05, 0.1) is 5.69 Å². The van der Waals surface area contributed by atoms with Gasteiger partial charge in [0.1, 0.15) is 11.9 Å². The lowest BCUT2D eigenvalue weighted by Crippen LogP contribution is -2.22. The van der Waals surface area contributed by atoms with E-state index in [0.29, 0.717) is 0 Å². The first kappa shape index (κ1) is 15.5. The fourth-order valence-electron chi connectivity index (χ4n) is 1.82. The van der Waals surface area contributed by atoms with Crippen LogP contribution in [-0.2, 0) is 4.74 Å². The Morgan fingerprint density at radius 2 is 2.05 bits per heavy atom. The van der Waals surface area contributed by atoms with E-state index in [1.807, 2.05) is 6.92 Å². The number of hydrogen-bond donors (Lipinski definition) is 1. The first-order valence-electron chi connectivity index (χ1n) is 6.89. The van der Waals surface area contributed by atoms with Crippen molar-refractivity contribution >= 4 is 11.8 Å². The lowest BCUT2D eigenvalue weighted by molar-refractivity contribution is 0.101. The number of nitrogens with one attached hydrogen (secondary N) is 1. The number of anilines is 1. The largest absolute Gasteiger partial charge is 0.446 e. The van der Waals surface area contributed by atoms with E-state index in [2.05, 4.69) is 12.2 Å². The monoisotopic (exact) mass is 267 g/mol. The van der Waals surface area contributed by atoms with Crippen LogP contribution in [0.2, 0.25) is 0 Å². The Balaban J connectivity index is 2.43. The molecular weight excluding hydrogens is 245 g/mol. The number of hydrogen-bond acceptors (Lipinski definition) is 2. The zero-order valence-corrected chi connectivity index (χ0v) is 11.6. The highest BCUT2D eigenvalue weighted by molar-refractivity contribution is 5.84. The number of amides is 1. The number of rotatable bonds is 7. The minimum atomic E-state index is -0.589. The van der Waals surface area contributed by atoms with Crippen molar-refractivity contribution in [3.63, 3.8) is 0 Å². The molecule has 0 radical (unpaired) electrons. The average molecular weight is 267 g/mol. The lowest BCUT2D eigenvalue weighted by atomic mass is 10.1. The fraction of sp³-hybridized carbons (Fsp3) is 0.533. The summed E-state index contributed by atoms with van der Waals surface area (Å²) < 4.78 is 18.6. The van der Waals surface area contributed by atoms with Gasteiger partial charge in [-0.2, -0.15) is 0 Å². The standard InChI is InChI=1S/C15H22FNO2/c1-3-5-6-9-12(4-2)19-15(18)17-14-11-8-7-10-13(14)16/h7-8,10-12H,3-6,9H2,1-2H3,(H,17,18). The summed E-state index contributed by atoms with van der Waals surface area (Å²) in [6, 6.07) is 6.05. The molecule has 1 amide bonds. The first-order chi connectivity index (χ1) is 9.17. The van der Waals surface area contributed by atoms with E-state index in [1.54, 1.807) is 12.1 Å². The van der Waals surface area contributed by atoms with Gasteiger partial charge >= 0.3 is 6.09 Å². The molecule has 1 atom stereocenters. The number of ether oxygens (including phenoxy) is 1. The van der Waals surface area contributed by atoms with Crippen molar-refractivity contribution in [2.24, 2.45) is 0 Å². The molecular formula is C15H22FNO2. The molecule has 19 heavy (non-hydrogen) atoms. The molecule has 0 saturated carbocycles. The maximum atomic E-state index is 13.3. The maximum Gasteiger partial charge on any atom is 0.411 e. The van der Waals surface area contributed by atoms with E-state index in [9.17, 15) is 9.18 Å². The molecule has 1 N–H and O–H groups in total. The molecule has 1 unspecified atom stereocenters. The van der Waals surface area contributed by atoms with Crippen LogP contribution >= 0.6 is 0 Å². The molecule has 0 bridgehead atoms. The van der Waals surface area contributed by atoms with E-state index in [-0.39, 0.29) is 11.8 Å². The van der Waals surface area contributed by atoms with Crippen molar-refractivity contribution in [2.45, 2.75) is 52.1 Å². The van der Waals surface area contributed by atoms with Crippen LogP contribution in [0.5, 0.6) is 0 Å². The fourth-order valence-corrected chi connectivity index (χ4v) is 1.82. The summed E-state index contributed by atoms with van der Waals surface area (Å²) in [5.41, 5.74) is 0.149. The topological polar surface area (TPSA) is 38.3 Å². The Morgan fingerprint density at radius 3 is 2.68 bits per heavy atom. The predicted molar refractivity (Wildman–Crippen MR) is 74.7 cm³/mol. The molecule has 0 aliphatic rings. The SMILES string of the molecule is CCCCCC(CC)OC(=O)Nc1ccccc1F. The Bertz CT molecular complexity index is 395. The minimum Gasteiger partial charge on any atom is -0.446 e. The predicted octanol–water partition coefficient (Wildman–Crippen LogP) is 4.73. The molecule has 0 saturated heterocycles. The molecule has 0 aromatic heterocycles. The number of halogens is 1. The second kappa shape index (κ2) is 8.51. The first-order valence-corrected chi connectivity index (χ1v) is 6.89. The Kier molecular flexibility index (Phi) is 6.93. The molecule has 0 spiro atoms. The van der Waals surface area contributed by atoms with E-state index in [0.717, 1.165) is 32.1 Å². The molecule has 1 aromatic rings. The number of unbranched alkanes of at least 4 members (excludes halogenated alkanes) is 2. The highest BCUT2D eigenvalue weighted by Crippen LogP contribution is 2.15. The van der Waals surface area contributed by atoms with Crippen LogP contribution < -0.4 is 5.32 Å². The lowest BCUT2D eigenvalue weighted by Gasteiger charge is -2.16. The number of benzene rings is 1. The van der Waals surface area contributed by atoms with Crippen molar-refractivity contribution in [3.8, 4) is 0 Å². The van der Waals surface area contributed by atoms with Gasteiger partial charge in [0, 0.05) is 0 Å². The van der Waals surface area contributed by atoms with Gasteiger partial charge in [-0.1, -0.05) is 38.8 Å². The summed E-state index contributed by atoms with van der Waals surface area (Å²) in [6.45, 7) is 4.11. The smallest absolute Gasteiger partial charge is 0.411 e. The molecule has 0 aliphatic heterocycles. The molecule has 0 heterocycles. The Hall–Kier alpha value is -1.58. The highest BCUT2D eigenvalue weighted by Gasteiger charge is 2.13. The quantitative estimate of drug-likeness (QED) is 0.725. The van der Waals surface area contributed by atoms with E-state index < -0.39 is 11.9 Å². The van der Waals surface area contributed by atoms with Gasteiger partial charge in [-0.05, 0) is 31.4 Å². The summed E-state index contributed by atoms with van der Waals surface area (Å²) in [6.07, 6.45) is 4.25. The zero-order valence-electron chi connectivity index (χ0n) is 11.6. The molecule has 0 aliphatic carbocycles. The summed E-state index contributed by atoms with van der Waals surface area (Å²) in [5.74, 6) is -0.460. The number of carbonyl (C=O) groups is 1. The molecule has 4 heteroatoms. The van der Waals surface area contributed by atoms with Crippen molar-refractivity contribution in [3.05, 3.63) is 30.1 Å². The van der Waals surface area contributed by atoms with Gasteiger partial charge < -0.3 is 4.74 Å². The van der Waals surface area contributed by atoms with Crippen molar-refractivity contribution in [2.75, 3.05) is 5.32 Å². The molecule has 1 rings (SSSR count). The minimum absolute atomic E-state index is 0.0988. The maximum absolute atomic E-state index is 13.3. The number of carbonyl (C=O) groups excluding carboxylic acids is 1. The van der Waals surface area contributed by atoms with Crippen LogP contribution in [0.3, 0.4) is 0 Å². The van der Waals surface area contributed by atoms with Crippen molar-refractivity contribution in [1.29, 1.82) is 0 Å². The molecule has 106 valence electrons. The highest BCUT2D eigenvalue weighted by atomic mass is 19.1. The van der Waals surface area contributed by atoms with Crippen LogP contribution in [0, 0.1) is 5.82 Å². The van der Waals surface area contributed by atoms with E-state index in [4.69, 9.17) is 4.74 Å². The second-order valence-electron chi connectivity index (χ2n) is 4.54. The third kappa shape index (κ3) is 5.73. The Labute approximate surface area is 114 Å². The van der Waals surface area contributed by atoms with Gasteiger partial charge in [-0.3, -0.25) is 5.32 Å². The van der Waals surface area contributed by atoms with Gasteiger partial charge in [0.25, 0.3) is 0 Å². The van der Waals surface area contributed by atoms with Gasteiger partial charge in [-0.15, -0.1) is 0 Å². The average Bonchev–Trinajstić information content (AvgIpc) is 2.40. The van der Waals surface area contributed by atoms with Crippen molar-refractivity contribution < 1.29 is 13.9 Å². The Morgan fingerprint density at radius 1 is 1.32 bits per heavy atom. The van der Waals surface area contributed by atoms with Gasteiger partial charge in [-0.25, -0.2) is 9.18 Å². The van der Waals surface area contributed by atoms with Gasteiger partial charge in [0.2, 0.25) is 0 Å². The summed E-state index contributed by atoms with van der Waals surface area (Å²) in [5, 5.41) is 2.43. The summed E-state index contributed by atoms with van der Waals surface area (Å²) in [7, 11) is 0. The van der Waals surface area contributed by atoms with Crippen LogP contribution in [0.15, 0.2) is 24.3 Å². The van der Waals surface area contributed by atoms with Gasteiger partial charge in [0.15, 0.2) is 0 Å². The molecule has 0 fully saturated rings. The van der Waals surface area contributed by atoms with Crippen molar-refractivity contribution in [1.82, 2.24) is 0 Å². The summed E-state index contributed by atoms with van der Waals surface area (Å²) >= 11 is 0. The van der Waals surface area contributed by atoms with Crippen LogP contribution in [0.1, 0.15) is 46.0 Å². The van der Waals surface area contributed by atoms with E-state index >= 15 is 0 Å². The third-order valence-corrected chi connectivity index (χ3v) is 2.97. The van der Waals surface area contributed by atoms with Crippen LogP contribution in [-0.4, -0.2) is 12.2 Å². The number of para-hydroxylation sites is 1. The molecule has 1 aromatic carbocycles. The summed E-state index contributed by atoms with van der Waals surface area (Å²) in [4.78, 5) is 11.7. The molecule has 3 nitrogen and oxygen atoms in total.